The molecule has 3 aromatic rings. The average molecular weight is 570 g/mol. The number of benzene rings is 3. The lowest BCUT2D eigenvalue weighted by atomic mass is 9.87. The van der Waals surface area contributed by atoms with Crippen molar-refractivity contribution in [1.29, 1.82) is 0 Å². The van der Waals surface area contributed by atoms with Gasteiger partial charge < -0.3 is 4.74 Å². The molecule has 1 aliphatic carbocycles. The Kier molecular flexibility index (Phi) is 8.88. The smallest absolute Gasteiger partial charge is 0.274 e. The van der Waals surface area contributed by atoms with Gasteiger partial charge in [0.25, 0.3) is 5.91 Å². The fourth-order valence-corrected chi connectivity index (χ4v) is 6.12. The molecular weight excluding hydrogens is 538 g/mol. The normalized spacial score (nSPS) is 17.6. The maximum atomic E-state index is 12.5. The van der Waals surface area contributed by atoms with Gasteiger partial charge in [-0.1, -0.05) is 47.5 Å². The average Bonchev–Trinajstić information content (AvgIpc) is 3.30. The third-order valence-electron chi connectivity index (χ3n) is 7.45. The number of alkyl halides is 1. The number of amides is 1. The number of hydrogen-bond acceptors (Lipinski definition) is 4. The minimum Gasteiger partial charge on any atom is -0.489 e. The van der Waals surface area contributed by atoms with Crippen LogP contribution in [0.25, 0.3) is 11.1 Å². The van der Waals surface area contributed by atoms with Crippen molar-refractivity contribution in [3.63, 3.8) is 0 Å². The van der Waals surface area contributed by atoms with Crippen molar-refractivity contribution in [3.8, 4) is 5.75 Å². The van der Waals surface area contributed by atoms with Crippen LogP contribution in [0, 0.1) is 0 Å². The highest BCUT2D eigenvalue weighted by Crippen LogP contribution is 2.42. The number of rotatable bonds is 8. The van der Waals surface area contributed by atoms with E-state index in [0.717, 1.165) is 84.5 Å². The Morgan fingerprint density at radius 3 is 2.59 bits per heavy atom. The first-order valence-corrected chi connectivity index (χ1v) is 14.0. The molecule has 2 aliphatic rings. The molecule has 0 aromatic heterocycles. The molecule has 3 aromatic carbocycles. The first kappa shape index (κ1) is 27.7. The van der Waals surface area contributed by atoms with Crippen molar-refractivity contribution >= 4 is 40.3 Å². The molecule has 204 valence electrons. The van der Waals surface area contributed by atoms with Crippen LogP contribution in [0.15, 0.2) is 60.7 Å². The number of likely N-dealkylation sites (tertiary alicyclic amines) is 1. The van der Waals surface area contributed by atoms with Gasteiger partial charge in [-0.05, 0) is 102 Å². The molecule has 1 amide bonds. The van der Waals surface area contributed by atoms with Gasteiger partial charge in [0.05, 0.1) is 6.67 Å². The lowest BCUT2D eigenvalue weighted by molar-refractivity contribution is 0.0706. The second kappa shape index (κ2) is 12.5. The fraction of sp³-hybridized carbons (Fsp3) is 0.323. The number of ether oxygens (including phenoxy) is 1. The van der Waals surface area contributed by atoms with Gasteiger partial charge in [-0.3, -0.25) is 19.3 Å². The molecule has 1 fully saturated rings. The third kappa shape index (κ3) is 6.30. The maximum Gasteiger partial charge on any atom is 0.274 e. The molecule has 5 nitrogen and oxygen atoms in total. The summed E-state index contributed by atoms with van der Waals surface area (Å²) < 4.78 is 18.8. The predicted octanol–water partition coefficient (Wildman–Crippen LogP) is 7.22. The minimum absolute atomic E-state index is 0.0906. The van der Waals surface area contributed by atoms with Crippen molar-refractivity contribution < 1.29 is 19.1 Å². The van der Waals surface area contributed by atoms with Crippen LogP contribution in [-0.4, -0.2) is 48.4 Å². The van der Waals surface area contributed by atoms with Crippen molar-refractivity contribution in [2.45, 2.75) is 38.2 Å². The largest absolute Gasteiger partial charge is 0.489 e. The molecule has 39 heavy (non-hydrogen) atoms. The Morgan fingerprint density at radius 1 is 1.05 bits per heavy atom. The summed E-state index contributed by atoms with van der Waals surface area (Å²) in [6.07, 6.45) is 4.02. The number of fused-ring (bicyclic) bond motifs is 1. The van der Waals surface area contributed by atoms with E-state index in [0.29, 0.717) is 22.0 Å². The van der Waals surface area contributed by atoms with Crippen LogP contribution in [0.1, 0.15) is 58.3 Å². The van der Waals surface area contributed by atoms with Crippen molar-refractivity contribution in [2.24, 2.45) is 0 Å². The van der Waals surface area contributed by atoms with E-state index < -0.39 is 5.91 Å². The molecule has 0 radical (unpaired) electrons. The lowest BCUT2D eigenvalue weighted by Crippen LogP contribution is -2.26. The van der Waals surface area contributed by atoms with Crippen LogP contribution in [0.3, 0.4) is 0 Å². The lowest BCUT2D eigenvalue weighted by Gasteiger charge is -2.19. The minimum atomic E-state index is -0.537. The van der Waals surface area contributed by atoms with Gasteiger partial charge in [-0.2, -0.15) is 0 Å². The highest BCUT2D eigenvalue weighted by Gasteiger charge is 2.25. The van der Waals surface area contributed by atoms with Crippen molar-refractivity contribution in [2.75, 3.05) is 26.3 Å². The summed E-state index contributed by atoms with van der Waals surface area (Å²) in [5.41, 5.74) is 8.30. The van der Waals surface area contributed by atoms with E-state index in [1.54, 1.807) is 17.6 Å². The fourth-order valence-electron chi connectivity index (χ4n) is 5.60. The number of aryl methyl sites for hydroxylation is 1. The number of halogens is 3. The Hall–Kier alpha value is -2.90. The second-order valence-corrected chi connectivity index (χ2v) is 10.9. The van der Waals surface area contributed by atoms with Gasteiger partial charge in [-0.25, -0.2) is 5.48 Å². The summed E-state index contributed by atoms with van der Waals surface area (Å²) >= 11 is 12.9. The molecule has 0 spiro atoms. The molecule has 1 aliphatic heterocycles. The first-order chi connectivity index (χ1) is 19.0. The van der Waals surface area contributed by atoms with Gasteiger partial charge in [0, 0.05) is 35.2 Å². The van der Waals surface area contributed by atoms with Crippen LogP contribution in [-0.2, 0) is 6.42 Å². The van der Waals surface area contributed by atoms with E-state index in [2.05, 4.69) is 17.0 Å². The first-order valence-electron chi connectivity index (χ1n) is 13.3. The Balaban J connectivity index is 1.51. The van der Waals surface area contributed by atoms with Crippen LogP contribution in [0.2, 0.25) is 10.0 Å². The summed E-state index contributed by atoms with van der Waals surface area (Å²) in [4.78, 5) is 14.4. The SMILES string of the molecule is O=C(NO)c1ccc2c(c1)CCCC(c1ccc(Cl)cc1Cl)=C2c1ccc(O[C@H]2CCN(CCCF)C2)cc1. The topological polar surface area (TPSA) is 61.8 Å². The highest BCUT2D eigenvalue weighted by molar-refractivity contribution is 6.36. The van der Waals surface area contributed by atoms with Crippen LogP contribution in [0.4, 0.5) is 4.39 Å². The van der Waals surface area contributed by atoms with Gasteiger partial charge in [0.15, 0.2) is 0 Å². The Labute approximate surface area is 238 Å². The van der Waals surface area contributed by atoms with Gasteiger partial charge >= 0.3 is 0 Å². The summed E-state index contributed by atoms with van der Waals surface area (Å²) in [7, 11) is 0. The van der Waals surface area contributed by atoms with E-state index in [4.69, 9.17) is 33.1 Å². The van der Waals surface area contributed by atoms with E-state index in [-0.39, 0.29) is 12.8 Å². The third-order valence-corrected chi connectivity index (χ3v) is 8.00. The number of carbonyl (C=O) groups is 1. The van der Waals surface area contributed by atoms with E-state index in [1.165, 1.54) is 0 Å². The molecule has 5 rings (SSSR count). The number of nitrogens with one attached hydrogen (secondary N) is 1. The summed E-state index contributed by atoms with van der Waals surface area (Å²) in [5, 5.41) is 10.3. The summed E-state index contributed by atoms with van der Waals surface area (Å²) in [6.45, 7) is 2.21. The number of allylic oxidation sites excluding steroid dienone is 1. The number of nitrogens with zero attached hydrogens (tertiary/aromatic N) is 1. The van der Waals surface area contributed by atoms with Gasteiger partial charge in [0.2, 0.25) is 0 Å². The summed E-state index contributed by atoms with van der Waals surface area (Å²) in [6, 6.07) is 19.2. The monoisotopic (exact) mass is 568 g/mol. The highest BCUT2D eigenvalue weighted by atomic mass is 35.5. The van der Waals surface area contributed by atoms with Gasteiger partial charge in [0.1, 0.15) is 11.9 Å². The van der Waals surface area contributed by atoms with Gasteiger partial charge in [-0.15, -0.1) is 0 Å². The van der Waals surface area contributed by atoms with E-state index in [9.17, 15) is 9.18 Å². The molecule has 8 heteroatoms. The summed E-state index contributed by atoms with van der Waals surface area (Å²) in [5.74, 6) is 0.261. The molecule has 1 heterocycles. The van der Waals surface area contributed by atoms with Crippen LogP contribution >= 0.6 is 23.2 Å². The second-order valence-electron chi connectivity index (χ2n) is 10.0. The predicted molar refractivity (Wildman–Crippen MR) is 154 cm³/mol. The molecule has 0 saturated carbocycles. The molecule has 0 unspecified atom stereocenters. The number of carbonyl (C=O) groups excluding carboxylic acids is 1. The zero-order chi connectivity index (χ0) is 27.4. The zero-order valence-corrected chi connectivity index (χ0v) is 23.1. The molecule has 0 bridgehead atoms. The van der Waals surface area contributed by atoms with E-state index >= 15 is 0 Å². The quantitative estimate of drug-likeness (QED) is 0.222. The number of hydrogen-bond donors (Lipinski definition) is 2. The van der Waals surface area contributed by atoms with Crippen LogP contribution < -0.4 is 10.2 Å². The number of hydroxylamine groups is 1. The zero-order valence-electron chi connectivity index (χ0n) is 21.6. The molecule has 1 saturated heterocycles. The van der Waals surface area contributed by atoms with Crippen molar-refractivity contribution in [1.82, 2.24) is 10.4 Å². The van der Waals surface area contributed by atoms with E-state index in [1.807, 2.05) is 36.4 Å². The van der Waals surface area contributed by atoms with Crippen LogP contribution in [0.5, 0.6) is 5.75 Å². The Morgan fingerprint density at radius 2 is 1.85 bits per heavy atom. The van der Waals surface area contributed by atoms with Crippen molar-refractivity contribution in [3.05, 3.63) is 98.5 Å². The Bertz CT molecular complexity index is 1380. The molecule has 1 atom stereocenters. The standard InChI is InChI=1S/C31H31Cl2FN2O3/c32-23-8-12-27(29(33)18-23)28-4-1-3-21-17-22(31(37)35-38)7-11-26(21)30(28)20-5-9-24(10-6-20)39-25-13-16-36(19-25)15-2-14-34/h5-12,17-18,25,38H,1-4,13-16,19H2,(H,35,37)/t25-/m0/s1. The maximum absolute atomic E-state index is 12.5. The molecular formula is C31H31Cl2FN2O3. The molecule has 2 N–H and O–H groups in total.